The van der Waals surface area contributed by atoms with E-state index in [1.807, 2.05) is 6.07 Å². The lowest BCUT2D eigenvalue weighted by Gasteiger charge is -2.38. The van der Waals surface area contributed by atoms with E-state index in [4.69, 9.17) is 14.5 Å². The molecule has 1 fully saturated rings. The quantitative estimate of drug-likeness (QED) is 0.251. The van der Waals surface area contributed by atoms with Gasteiger partial charge in [0.05, 0.1) is 19.3 Å². The van der Waals surface area contributed by atoms with Crippen LogP contribution in [0.25, 0.3) is 0 Å². The first-order valence-electron chi connectivity index (χ1n) is 10.7. The van der Waals surface area contributed by atoms with Gasteiger partial charge >= 0.3 is 0 Å². The van der Waals surface area contributed by atoms with E-state index in [9.17, 15) is 0 Å². The lowest BCUT2D eigenvalue weighted by atomic mass is 9.90. The average Bonchev–Trinajstić information content (AvgIpc) is 2.68. The molecular formula is C22H37IN4O2. The van der Waals surface area contributed by atoms with E-state index in [-0.39, 0.29) is 35.6 Å². The number of unbranched alkanes of at least 4 members (excludes halogenated alkanes) is 1. The standard InChI is InChI=1S/C22H36N4O2.HI/c1-4-23-21(24-11-7-8-12-26-13-15-27-16-14-26)25-19-17-22(2,3)28-20-10-6-5-9-18(19)20;/h5-6,9-10,19H,4,7-8,11-17H2,1-3H3,(H2,23,24,25);1H. The minimum atomic E-state index is -0.193. The molecule has 2 heterocycles. The van der Waals surface area contributed by atoms with Crippen LogP contribution in [0.3, 0.4) is 0 Å². The first-order chi connectivity index (χ1) is 13.6. The van der Waals surface area contributed by atoms with Crippen LogP contribution in [-0.4, -0.2) is 62.4 Å². The molecule has 29 heavy (non-hydrogen) atoms. The van der Waals surface area contributed by atoms with Crippen molar-refractivity contribution in [1.29, 1.82) is 0 Å². The first-order valence-corrected chi connectivity index (χ1v) is 10.7. The summed E-state index contributed by atoms with van der Waals surface area (Å²) in [4.78, 5) is 7.31. The normalized spacial score (nSPS) is 21.5. The summed E-state index contributed by atoms with van der Waals surface area (Å²) in [6.07, 6.45) is 3.19. The molecule has 0 spiro atoms. The van der Waals surface area contributed by atoms with Crippen molar-refractivity contribution in [3.05, 3.63) is 29.8 Å². The number of para-hydroxylation sites is 1. The highest BCUT2D eigenvalue weighted by Gasteiger charge is 2.33. The van der Waals surface area contributed by atoms with Crippen LogP contribution >= 0.6 is 24.0 Å². The minimum absolute atomic E-state index is 0. The monoisotopic (exact) mass is 516 g/mol. The molecule has 1 aromatic carbocycles. The summed E-state index contributed by atoms with van der Waals surface area (Å²) >= 11 is 0. The number of hydrogen-bond donors (Lipinski definition) is 2. The summed E-state index contributed by atoms with van der Waals surface area (Å²) in [5.41, 5.74) is 1.02. The number of rotatable bonds is 7. The topological polar surface area (TPSA) is 58.1 Å². The first kappa shape index (κ1) is 24.2. The van der Waals surface area contributed by atoms with Crippen molar-refractivity contribution >= 4 is 29.9 Å². The Morgan fingerprint density at radius 3 is 2.72 bits per heavy atom. The van der Waals surface area contributed by atoms with E-state index in [0.717, 1.165) is 70.5 Å². The summed E-state index contributed by atoms with van der Waals surface area (Å²) in [5, 5.41) is 7.04. The van der Waals surface area contributed by atoms with E-state index in [1.54, 1.807) is 0 Å². The maximum atomic E-state index is 6.15. The third-order valence-electron chi connectivity index (χ3n) is 5.29. The second kappa shape index (κ2) is 12.0. The Morgan fingerprint density at radius 1 is 1.21 bits per heavy atom. The summed E-state index contributed by atoms with van der Waals surface area (Å²) < 4.78 is 11.6. The van der Waals surface area contributed by atoms with Gasteiger partial charge in [-0.3, -0.25) is 9.89 Å². The maximum Gasteiger partial charge on any atom is 0.191 e. The number of nitrogens with one attached hydrogen (secondary N) is 2. The molecule has 1 saturated heterocycles. The molecule has 1 unspecified atom stereocenters. The second-order valence-electron chi connectivity index (χ2n) is 8.22. The molecule has 0 aromatic heterocycles. The van der Waals surface area contributed by atoms with Crippen LogP contribution in [0.4, 0.5) is 0 Å². The molecule has 2 aliphatic rings. The van der Waals surface area contributed by atoms with Gasteiger partial charge in [0.2, 0.25) is 0 Å². The number of nitrogens with zero attached hydrogens (tertiary/aromatic N) is 2. The Kier molecular flexibility index (Phi) is 9.98. The molecule has 3 rings (SSSR count). The fraction of sp³-hybridized carbons (Fsp3) is 0.682. The number of halogens is 1. The number of hydrogen-bond acceptors (Lipinski definition) is 4. The fourth-order valence-electron chi connectivity index (χ4n) is 3.88. The zero-order valence-electron chi connectivity index (χ0n) is 18.1. The molecule has 7 heteroatoms. The minimum Gasteiger partial charge on any atom is -0.487 e. The van der Waals surface area contributed by atoms with Gasteiger partial charge in [-0.25, -0.2) is 0 Å². The third kappa shape index (κ3) is 7.61. The zero-order valence-corrected chi connectivity index (χ0v) is 20.4. The average molecular weight is 516 g/mol. The summed E-state index contributed by atoms with van der Waals surface area (Å²) in [6.45, 7) is 13.1. The maximum absolute atomic E-state index is 6.15. The predicted octanol–water partition coefficient (Wildman–Crippen LogP) is 3.57. The van der Waals surface area contributed by atoms with Gasteiger partial charge in [-0.05, 0) is 46.2 Å². The molecule has 0 radical (unpaired) electrons. The molecule has 164 valence electrons. The Balaban J connectivity index is 0.00000300. The molecule has 2 aliphatic heterocycles. The molecule has 0 bridgehead atoms. The number of fused-ring (bicyclic) bond motifs is 1. The van der Waals surface area contributed by atoms with Gasteiger partial charge in [0.15, 0.2) is 5.96 Å². The number of guanidine groups is 1. The summed E-state index contributed by atoms with van der Waals surface area (Å²) in [5.74, 6) is 1.86. The van der Waals surface area contributed by atoms with Crippen LogP contribution in [0.2, 0.25) is 0 Å². The highest BCUT2D eigenvalue weighted by molar-refractivity contribution is 14.0. The third-order valence-corrected chi connectivity index (χ3v) is 5.29. The number of aliphatic imine (C=N–C) groups is 1. The summed E-state index contributed by atoms with van der Waals surface area (Å²) in [6, 6.07) is 8.51. The van der Waals surface area contributed by atoms with Gasteiger partial charge in [-0.2, -0.15) is 0 Å². The molecule has 2 N–H and O–H groups in total. The molecule has 0 amide bonds. The van der Waals surface area contributed by atoms with Crippen molar-refractivity contribution in [2.45, 2.75) is 51.7 Å². The van der Waals surface area contributed by atoms with Crippen LogP contribution in [0, 0.1) is 0 Å². The Hall–Kier alpha value is -1.06. The number of benzene rings is 1. The van der Waals surface area contributed by atoms with Crippen molar-refractivity contribution in [3.8, 4) is 5.75 Å². The van der Waals surface area contributed by atoms with Crippen LogP contribution in [0.5, 0.6) is 5.75 Å². The predicted molar refractivity (Wildman–Crippen MR) is 130 cm³/mol. The number of ether oxygens (including phenoxy) is 2. The lowest BCUT2D eigenvalue weighted by molar-refractivity contribution is 0.0373. The van der Waals surface area contributed by atoms with E-state index in [1.165, 1.54) is 12.0 Å². The van der Waals surface area contributed by atoms with Gasteiger partial charge in [-0.1, -0.05) is 18.2 Å². The molecule has 0 aliphatic carbocycles. The van der Waals surface area contributed by atoms with E-state index in [2.05, 4.69) is 54.5 Å². The van der Waals surface area contributed by atoms with Crippen molar-refractivity contribution < 1.29 is 9.47 Å². The van der Waals surface area contributed by atoms with E-state index in [0.29, 0.717) is 0 Å². The Bertz CT molecular complexity index is 647. The van der Waals surface area contributed by atoms with Gasteiger partial charge < -0.3 is 20.1 Å². The lowest BCUT2D eigenvalue weighted by Crippen LogP contribution is -2.45. The van der Waals surface area contributed by atoms with Crippen LogP contribution in [0.1, 0.15) is 51.6 Å². The zero-order chi connectivity index (χ0) is 19.8. The largest absolute Gasteiger partial charge is 0.487 e. The molecule has 0 saturated carbocycles. The Morgan fingerprint density at radius 2 is 1.97 bits per heavy atom. The fourth-order valence-corrected chi connectivity index (χ4v) is 3.88. The van der Waals surface area contributed by atoms with Crippen LogP contribution in [-0.2, 0) is 4.74 Å². The molecule has 6 nitrogen and oxygen atoms in total. The smallest absolute Gasteiger partial charge is 0.191 e. The van der Waals surface area contributed by atoms with Crippen LogP contribution < -0.4 is 15.4 Å². The molecule has 1 aromatic rings. The van der Waals surface area contributed by atoms with Crippen LogP contribution in [0.15, 0.2) is 29.3 Å². The SMILES string of the molecule is CCNC(=NCCCCN1CCOCC1)NC1CC(C)(C)Oc2ccccc21.I. The van der Waals surface area contributed by atoms with Gasteiger partial charge in [0.1, 0.15) is 11.4 Å². The van der Waals surface area contributed by atoms with Gasteiger partial charge in [0, 0.05) is 38.2 Å². The van der Waals surface area contributed by atoms with Crippen molar-refractivity contribution in [2.75, 3.05) is 45.9 Å². The second-order valence-corrected chi connectivity index (χ2v) is 8.22. The molecular weight excluding hydrogens is 479 g/mol. The van der Waals surface area contributed by atoms with Gasteiger partial charge in [-0.15, -0.1) is 24.0 Å². The Labute approximate surface area is 192 Å². The van der Waals surface area contributed by atoms with E-state index < -0.39 is 0 Å². The molecule has 1 atom stereocenters. The highest BCUT2D eigenvalue weighted by atomic mass is 127. The summed E-state index contributed by atoms with van der Waals surface area (Å²) in [7, 11) is 0. The van der Waals surface area contributed by atoms with Crippen molar-refractivity contribution in [2.24, 2.45) is 4.99 Å². The highest BCUT2D eigenvalue weighted by Crippen LogP contribution is 2.39. The van der Waals surface area contributed by atoms with Crippen molar-refractivity contribution in [1.82, 2.24) is 15.5 Å². The van der Waals surface area contributed by atoms with E-state index >= 15 is 0 Å². The van der Waals surface area contributed by atoms with Gasteiger partial charge in [0.25, 0.3) is 0 Å². The number of morpholine rings is 1. The van der Waals surface area contributed by atoms with Crippen molar-refractivity contribution in [3.63, 3.8) is 0 Å².